The molecule has 0 amide bonds. The predicted molar refractivity (Wildman–Crippen MR) is 108 cm³/mol. The average Bonchev–Trinajstić information content (AvgIpc) is 3.25. The number of furan rings is 1. The number of halogens is 3. The van der Waals surface area contributed by atoms with Crippen LogP contribution >= 0.6 is 0 Å². The Morgan fingerprint density at radius 2 is 1.45 bits per heavy atom. The highest BCUT2D eigenvalue weighted by molar-refractivity contribution is 5.63. The lowest BCUT2D eigenvalue weighted by Gasteiger charge is -2.41. The van der Waals surface area contributed by atoms with Gasteiger partial charge < -0.3 is 4.42 Å². The van der Waals surface area contributed by atoms with E-state index in [1.807, 2.05) is 24.3 Å². The maximum Gasteiger partial charge on any atom is 0.416 e. The molecule has 1 aliphatic rings. The van der Waals surface area contributed by atoms with Crippen molar-refractivity contribution in [2.75, 3.05) is 0 Å². The van der Waals surface area contributed by atoms with Gasteiger partial charge in [0.1, 0.15) is 11.5 Å². The van der Waals surface area contributed by atoms with E-state index in [-0.39, 0.29) is 17.9 Å². The third-order valence-electron chi connectivity index (χ3n) is 6.05. The molecule has 0 spiro atoms. The molecule has 1 heterocycles. The highest BCUT2D eigenvalue weighted by Gasteiger charge is 2.64. The van der Waals surface area contributed by atoms with Crippen molar-refractivity contribution in [1.29, 1.82) is 21.0 Å². The topological polar surface area (TPSA) is 108 Å². The van der Waals surface area contributed by atoms with Gasteiger partial charge in [-0.3, -0.25) is 0 Å². The van der Waals surface area contributed by atoms with Crippen molar-refractivity contribution in [3.8, 4) is 35.6 Å². The summed E-state index contributed by atoms with van der Waals surface area (Å²) in [5, 5.41) is 40.1. The van der Waals surface area contributed by atoms with Crippen LogP contribution in [0.15, 0.2) is 65.1 Å². The maximum atomic E-state index is 12.9. The lowest BCUT2D eigenvalue weighted by Crippen LogP contribution is -2.48. The Morgan fingerprint density at radius 3 is 1.97 bits per heavy atom. The van der Waals surface area contributed by atoms with E-state index in [1.54, 1.807) is 36.4 Å². The van der Waals surface area contributed by atoms with Crippen LogP contribution in [-0.2, 0) is 12.6 Å². The molecule has 33 heavy (non-hydrogen) atoms. The summed E-state index contributed by atoms with van der Waals surface area (Å²) >= 11 is 0. The molecule has 0 aliphatic heterocycles. The van der Waals surface area contributed by atoms with Crippen LogP contribution in [0.25, 0.3) is 11.3 Å². The smallest absolute Gasteiger partial charge is 0.416 e. The second-order valence-electron chi connectivity index (χ2n) is 7.75. The first-order valence-corrected chi connectivity index (χ1v) is 9.75. The van der Waals surface area contributed by atoms with Crippen LogP contribution in [0, 0.1) is 56.2 Å². The van der Waals surface area contributed by atoms with E-state index in [2.05, 4.69) is 0 Å². The maximum absolute atomic E-state index is 12.9. The molecule has 1 unspecified atom stereocenters. The number of hydrogen-bond donors (Lipinski definition) is 0. The fourth-order valence-electron chi connectivity index (χ4n) is 4.35. The van der Waals surface area contributed by atoms with E-state index >= 15 is 0 Å². The molecule has 8 heteroatoms. The summed E-state index contributed by atoms with van der Waals surface area (Å²) in [7, 11) is 0. The second-order valence-corrected chi connectivity index (χ2v) is 7.75. The van der Waals surface area contributed by atoms with Gasteiger partial charge in [0.05, 0.1) is 29.8 Å². The monoisotopic (exact) mass is 442 g/mol. The lowest BCUT2D eigenvalue weighted by molar-refractivity contribution is -0.137. The van der Waals surface area contributed by atoms with Crippen LogP contribution in [0.3, 0.4) is 0 Å². The zero-order valence-corrected chi connectivity index (χ0v) is 16.9. The van der Waals surface area contributed by atoms with Gasteiger partial charge >= 0.3 is 6.18 Å². The third-order valence-corrected chi connectivity index (χ3v) is 6.05. The highest BCUT2D eigenvalue weighted by Crippen LogP contribution is 2.58. The van der Waals surface area contributed by atoms with Crippen LogP contribution in [0.5, 0.6) is 0 Å². The standard InChI is InChI=1S/C25H13F3N4O/c26-25(27,28)18-8-6-16(7-9-18)20-10-19-21(33-20)11-23(12-29,13-30)24(14-31,15-32)22(19)17-4-2-1-3-5-17/h1-10,22H,11H2. The lowest BCUT2D eigenvalue weighted by atomic mass is 9.52. The summed E-state index contributed by atoms with van der Waals surface area (Å²) in [5.74, 6) is -0.530. The minimum absolute atomic E-state index is 0.214. The molecule has 5 nitrogen and oxygen atoms in total. The van der Waals surface area contributed by atoms with Gasteiger partial charge in [-0.15, -0.1) is 0 Å². The van der Waals surface area contributed by atoms with Gasteiger partial charge in [-0.2, -0.15) is 34.2 Å². The molecule has 4 rings (SSSR count). The van der Waals surface area contributed by atoms with E-state index in [0.29, 0.717) is 16.7 Å². The number of benzene rings is 2. The van der Waals surface area contributed by atoms with Crippen molar-refractivity contribution in [3.05, 3.63) is 83.1 Å². The number of hydrogen-bond acceptors (Lipinski definition) is 5. The molecular formula is C25H13F3N4O. The zero-order valence-electron chi connectivity index (χ0n) is 16.9. The van der Waals surface area contributed by atoms with Crippen molar-refractivity contribution < 1.29 is 17.6 Å². The van der Waals surface area contributed by atoms with E-state index in [9.17, 15) is 34.2 Å². The number of rotatable bonds is 2. The SMILES string of the molecule is N#CC1(C#N)Cc2oc(-c3ccc(C(F)(F)F)cc3)cc2C(c2ccccc2)C1(C#N)C#N. The predicted octanol–water partition coefficient (Wildman–Crippen LogP) is 5.72. The molecule has 160 valence electrons. The highest BCUT2D eigenvalue weighted by atomic mass is 19.4. The van der Waals surface area contributed by atoms with Crippen LogP contribution < -0.4 is 0 Å². The molecule has 1 aromatic heterocycles. The fraction of sp³-hybridized carbons (Fsp3) is 0.200. The molecular weight excluding hydrogens is 429 g/mol. The molecule has 1 aliphatic carbocycles. The van der Waals surface area contributed by atoms with Crippen molar-refractivity contribution >= 4 is 0 Å². The molecule has 0 N–H and O–H groups in total. The van der Waals surface area contributed by atoms with Gasteiger partial charge in [0, 0.05) is 23.5 Å². The largest absolute Gasteiger partial charge is 0.461 e. The van der Waals surface area contributed by atoms with Crippen LogP contribution in [0.1, 0.15) is 28.4 Å². The minimum atomic E-state index is -4.49. The van der Waals surface area contributed by atoms with Crippen LogP contribution in [0.4, 0.5) is 13.2 Å². The molecule has 1 atom stereocenters. The van der Waals surface area contributed by atoms with E-state index in [1.165, 1.54) is 12.1 Å². The van der Waals surface area contributed by atoms with E-state index in [0.717, 1.165) is 12.1 Å². The molecule has 3 aromatic rings. The number of nitriles is 4. The van der Waals surface area contributed by atoms with Crippen LogP contribution in [-0.4, -0.2) is 0 Å². The van der Waals surface area contributed by atoms with Crippen molar-refractivity contribution in [2.24, 2.45) is 10.8 Å². The minimum Gasteiger partial charge on any atom is -0.461 e. The summed E-state index contributed by atoms with van der Waals surface area (Å²) in [6.07, 6.45) is -4.79. The molecule has 0 saturated heterocycles. The number of alkyl halides is 3. The van der Waals surface area contributed by atoms with Gasteiger partial charge in [0.15, 0.2) is 10.8 Å². The van der Waals surface area contributed by atoms with Crippen molar-refractivity contribution in [1.82, 2.24) is 0 Å². The normalized spacial score (nSPS) is 18.1. The van der Waals surface area contributed by atoms with E-state index < -0.39 is 28.5 Å². The Labute approximate surface area is 187 Å². The fourth-order valence-corrected chi connectivity index (χ4v) is 4.35. The summed E-state index contributed by atoms with van der Waals surface area (Å²) in [6, 6.07) is 22.1. The van der Waals surface area contributed by atoms with E-state index in [4.69, 9.17) is 4.42 Å². The first-order valence-electron chi connectivity index (χ1n) is 9.75. The summed E-state index contributed by atoms with van der Waals surface area (Å²) in [5.41, 5.74) is -3.53. The van der Waals surface area contributed by atoms with Gasteiger partial charge in [-0.25, -0.2) is 0 Å². The number of nitrogens with zero attached hydrogens (tertiary/aromatic N) is 4. The van der Waals surface area contributed by atoms with Crippen LogP contribution in [0.2, 0.25) is 0 Å². The zero-order chi connectivity index (χ0) is 23.9. The Bertz CT molecular complexity index is 1350. The Morgan fingerprint density at radius 1 is 0.848 bits per heavy atom. The first-order chi connectivity index (χ1) is 15.7. The summed E-state index contributed by atoms with van der Waals surface area (Å²) in [6.45, 7) is 0. The second kappa shape index (κ2) is 7.56. The van der Waals surface area contributed by atoms with Crippen molar-refractivity contribution in [3.63, 3.8) is 0 Å². The van der Waals surface area contributed by atoms with Gasteiger partial charge in [0.2, 0.25) is 0 Å². The number of fused-ring (bicyclic) bond motifs is 1. The summed E-state index contributed by atoms with van der Waals surface area (Å²) in [4.78, 5) is 0. The average molecular weight is 442 g/mol. The van der Waals surface area contributed by atoms with Crippen molar-refractivity contribution in [2.45, 2.75) is 18.5 Å². The van der Waals surface area contributed by atoms with Gasteiger partial charge in [-0.05, 0) is 23.8 Å². The molecule has 0 saturated carbocycles. The Hall–Kier alpha value is -4.53. The molecule has 0 radical (unpaired) electrons. The first kappa shape index (κ1) is 21.7. The summed E-state index contributed by atoms with van der Waals surface area (Å²) < 4.78 is 44.7. The van der Waals surface area contributed by atoms with Gasteiger partial charge in [-0.1, -0.05) is 42.5 Å². The van der Waals surface area contributed by atoms with Gasteiger partial charge in [0.25, 0.3) is 0 Å². The Balaban J connectivity index is 1.95. The Kier molecular flexibility index (Phi) is 4.97. The molecule has 0 fully saturated rings. The third kappa shape index (κ3) is 3.13. The quantitative estimate of drug-likeness (QED) is 0.504. The molecule has 0 bridgehead atoms. The molecule has 2 aromatic carbocycles.